The molecule has 6 heteroatoms. The van der Waals surface area contributed by atoms with Crippen LogP contribution in [0.3, 0.4) is 0 Å². The first-order chi connectivity index (χ1) is 9.05. The quantitative estimate of drug-likeness (QED) is 0.858. The van der Waals surface area contributed by atoms with Gasteiger partial charge in [-0.25, -0.2) is 13.1 Å². The molecule has 0 aliphatic carbocycles. The summed E-state index contributed by atoms with van der Waals surface area (Å²) in [7, 11) is -3.48. The molecule has 0 bridgehead atoms. The Morgan fingerprint density at radius 1 is 1.26 bits per heavy atom. The van der Waals surface area contributed by atoms with Crippen molar-refractivity contribution in [3.8, 4) is 0 Å². The lowest BCUT2D eigenvalue weighted by atomic mass is 10.1. The first-order valence-corrected chi connectivity index (χ1v) is 7.62. The molecular weight excluding hydrogens is 264 g/mol. The van der Waals surface area contributed by atoms with Crippen LogP contribution >= 0.6 is 0 Å². The molecule has 1 aliphatic rings. The van der Waals surface area contributed by atoms with Crippen LogP contribution in [0.25, 0.3) is 6.08 Å². The molecule has 0 radical (unpaired) electrons. The van der Waals surface area contributed by atoms with Crippen LogP contribution in [-0.2, 0) is 14.8 Å². The van der Waals surface area contributed by atoms with Crippen LogP contribution in [0.5, 0.6) is 0 Å². The van der Waals surface area contributed by atoms with E-state index in [9.17, 15) is 13.2 Å². The minimum Gasteiger partial charge on any atom is -0.355 e. The molecule has 1 aromatic rings. The van der Waals surface area contributed by atoms with Gasteiger partial charge in [0.1, 0.15) is 0 Å². The lowest BCUT2D eigenvalue weighted by Gasteiger charge is -2.22. The molecular formula is C13H16N2O3S. The SMILES string of the molecule is O=C1CCC(NS(=O)(=O)C=Cc2ccccc2)CN1. The standard InChI is InChI=1S/C13H16N2O3S/c16-13-7-6-12(10-14-13)15-19(17,18)9-8-11-4-2-1-3-5-11/h1-5,8-9,12,15H,6-7,10H2,(H,14,16). The molecule has 0 aromatic heterocycles. The molecule has 2 rings (SSSR count). The Balaban J connectivity index is 1.95. The largest absolute Gasteiger partial charge is 0.355 e. The van der Waals surface area contributed by atoms with Crippen molar-refractivity contribution in [1.29, 1.82) is 0 Å². The van der Waals surface area contributed by atoms with Crippen LogP contribution < -0.4 is 10.0 Å². The number of sulfonamides is 1. The Bertz CT molecular complexity index is 557. The maximum absolute atomic E-state index is 11.8. The third-order valence-corrected chi connectivity index (χ3v) is 3.99. The monoisotopic (exact) mass is 280 g/mol. The number of hydrogen-bond donors (Lipinski definition) is 2. The fourth-order valence-corrected chi connectivity index (χ4v) is 2.92. The van der Waals surface area contributed by atoms with E-state index in [0.29, 0.717) is 19.4 Å². The fraction of sp³-hybridized carbons (Fsp3) is 0.308. The summed E-state index contributed by atoms with van der Waals surface area (Å²) in [6.07, 6.45) is 2.43. The lowest BCUT2D eigenvalue weighted by Crippen LogP contribution is -2.47. The first-order valence-electron chi connectivity index (χ1n) is 6.07. The molecule has 1 fully saturated rings. The zero-order chi connectivity index (χ0) is 13.7. The summed E-state index contributed by atoms with van der Waals surface area (Å²) in [4.78, 5) is 11.0. The zero-order valence-electron chi connectivity index (χ0n) is 10.4. The van der Waals surface area contributed by atoms with Gasteiger partial charge in [-0.05, 0) is 18.1 Å². The minimum absolute atomic E-state index is 0.0322. The van der Waals surface area contributed by atoms with Crippen molar-refractivity contribution < 1.29 is 13.2 Å². The van der Waals surface area contributed by atoms with E-state index in [1.165, 1.54) is 0 Å². The second kappa shape index (κ2) is 5.99. The van der Waals surface area contributed by atoms with E-state index in [1.807, 2.05) is 30.3 Å². The van der Waals surface area contributed by atoms with Crippen molar-refractivity contribution in [1.82, 2.24) is 10.0 Å². The van der Waals surface area contributed by atoms with Gasteiger partial charge in [-0.15, -0.1) is 0 Å². The minimum atomic E-state index is -3.48. The third kappa shape index (κ3) is 4.50. The summed E-state index contributed by atoms with van der Waals surface area (Å²) in [5.41, 5.74) is 0.824. The third-order valence-electron chi connectivity index (χ3n) is 2.84. The maximum Gasteiger partial charge on any atom is 0.234 e. The molecule has 2 N–H and O–H groups in total. The van der Waals surface area contributed by atoms with E-state index in [2.05, 4.69) is 10.0 Å². The highest BCUT2D eigenvalue weighted by molar-refractivity contribution is 7.92. The average molecular weight is 280 g/mol. The summed E-state index contributed by atoms with van der Waals surface area (Å²) in [6.45, 7) is 0.344. The molecule has 1 aromatic carbocycles. The molecule has 1 unspecified atom stereocenters. The molecule has 1 amide bonds. The van der Waals surface area contributed by atoms with Crippen LogP contribution in [-0.4, -0.2) is 26.9 Å². The Hall–Kier alpha value is -1.66. The van der Waals surface area contributed by atoms with Gasteiger partial charge in [0.15, 0.2) is 0 Å². The molecule has 19 heavy (non-hydrogen) atoms. The van der Waals surface area contributed by atoms with Crippen molar-refractivity contribution in [3.63, 3.8) is 0 Å². The second-order valence-corrected chi connectivity index (χ2v) is 6.01. The van der Waals surface area contributed by atoms with E-state index < -0.39 is 10.0 Å². The van der Waals surface area contributed by atoms with Gasteiger partial charge in [-0.1, -0.05) is 30.3 Å². The highest BCUT2D eigenvalue weighted by atomic mass is 32.2. The Morgan fingerprint density at radius 2 is 2.00 bits per heavy atom. The van der Waals surface area contributed by atoms with E-state index in [4.69, 9.17) is 0 Å². The lowest BCUT2D eigenvalue weighted by molar-refractivity contribution is -0.122. The average Bonchev–Trinajstić information content (AvgIpc) is 2.40. The summed E-state index contributed by atoms with van der Waals surface area (Å²) in [5, 5.41) is 3.79. The smallest absolute Gasteiger partial charge is 0.234 e. The van der Waals surface area contributed by atoms with Crippen LogP contribution in [0.15, 0.2) is 35.7 Å². The number of carbonyl (C=O) groups excluding carboxylic acids is 1. The maximum atomic E-state index is 11.8. The van der Waals surface area contributed by atoms with Crippen LogP contribution in [0, 0.1) is 0 Å². The summed E-state index contributed by atoms with van der Waals surface area (Å²) < 4.78 is 26.2. The number of nitrogens with one attached hydrogen (secondary N) is 2. The van der Waals surface area contributed by atoms with Gasteiger partial charge >= 0.3 is 0 Å². The van der Waals surface area contributed by atoms with Gasteiger partial charge in [-0.2, -0.15) is 0 Å². The normalized spacial score (nSPS) is 20.4. The highest BCUT2D eigenvalue weighted by Crippen LogP contribution is 2.07. The van der Waals surface area contributed by atoms with Crippen molar-refractivity contribution in [2.24, 2.45) is 0 Å². The number of amides is 1. The predicted octanol–water partition coefficient (Wildman–Crippen LogP) is 0.855. The van der Waals surface area contributed by atoms with Gasteiger partial charge in [0, 0.05) is 24.4 Å². The number of piperidine rings is 1. The zero-order valence-corrected chi connectivity index (χ0v) is 11.2. The van der Waals surface area contributed by atoms with E-state index in [1.54, 1.807) is 6.08 Å². The predicted molar refractivity (Wildman–Crippen MR) is 73.6 cm³/mol. The van der Waals surface area contributed by atoms with Crippen LogP contribution in [0.4, 0.5) is 0 Å². The highest BCUT2D eigenvalue weighted by Gasteiger charge is 2.21. The molecule has 1 saturated heterocycles. The van der Waals surface area contributed by atoms with Crippen molar-refractivity contribution in [2.45, 2.75) is 18.9 Å². The number of benzene rings is 1. The molecule has 1 atom stereocenters. The van der Waals surface area contributed by atoms with Gasteiger partial charge in [-0.3, -0.25) is 4.79 Å². The van der Waals surface area contributed by atoms with Crippen LogP contribution in [0.2, 0.25) is 0 Å². The molecule has 0 saturated carbocycles. The van der Waals surface area contributed by atoms with E-state index in [0.717, 1.165) is 11.0 Å². The topological polar surface area (TPSA) is 75.3 Å². The van der Waals surface area contributed by atoms with Crippen LogP contribution in [0.1, 0.15) is 18.4 Å². The van der Waals surface area contributed by atoms with E-state index >= 15 is 0 Å². The van der Waals surface area contributed by atoms with E-state index in [-0.39, 0.29) is 11.9 Å². The molecule has 1 aliphatic heterocycles. The molecule has 0 spiro atoms. The van der Waals surface area contributed by atoms with Crippen molar-refractivity contribution >= 4 is 22.0 Å². The van der Waals surface area contributed by atoms with Gasteiger partial charge < -0.3 is 5.32 Å². The van der Waals surface area contributed by atoms with Gasteiger partial charge in [0.2, 0.25) is 15.9 Å². The Labute approximate surface area is 112 Å². The van der Waals surface area contributed by atoms with Crippen molar-refractivity contribution in [3.05, 3.63) is 41.3 Å². The summed E-state index contributed by atoms with van der Waals surface area (Å²) in [5.74, 6) is -0.0322. The second-order valence-electron chi connectivity index (χ2n) is 4.42. The number of hydrogen-bond acceptors (Lipinski definition) is 3. The summed E-state index contributed by atoms with van der Waals surface area (Å²) >= 11 is 0. The molecule has 1 heterocycles. The Morgan fingerprint density at radius 3 is 2.63 bits per heavy atom. The van der Waals surface area contributed by atoms with Crippen molar-refractivity contribution in [2.75, 3.05) is 6.54 Å². The van der Waals surface area contributed by atoms with Gasteiger partial charge in [0.05, 0.1) is 0 Å². The summed E-state index contributed by atoms with van der Waals surface area (Å²) in [6, 6.07) is 8.98. The number of carbonyl (C=O) groups is 1. The first kappa shape index (κ1) is 13.8. The Kier molecular flexibility index (Phi) is 4.34. The molecule has 5 nitrogen and oxygen atoms in total. The molecule has 102 valence electrons. The number of rotatable bonds is 4. The van der Waals surface area contributed by atoms with Gasteiger partial charge in [0.25, 0.3) is 0 Å². The fourth-order valence-electron chi connectivity index (χ4n) is 1.84.